The Morgan fingerprint density at radius 3 is 2.55 bits per heavy atom. The van der Waals surface area contributed by atoms with Gasteiger partial charge in [-0.2, -0.15) is 0 Å². The Labute approximate surface area is 172 Å². The molecular formula is C23H28N4O2. The summed E-state index contributed by atoms with van der Waals surface area (Å²) in [6.45, 7) is 2.00. The number of aliphatic imine (C=N–C) groups is 1. The fraction of sp³-hybridized carbons (Fsp3) is 0.217. The maximum Gasteiger partial charge on any atom is 0.138 e. The monoisotopic (exact) mass is 392 g/mol. The van der Waals surface area contributed by atoms with Gasteiger partial charge < -0.3 is 20.5 Å². The van der Waals surface area contributed by atoms with Gasteiger partial charge in [0, 0.05) is 42.7 Å². The zero-order valence-corrected chi connectivity index (χ0v) is 17.3. The first-order valence-corrected chi connectivity index (χ1v) is 9.29. The van der Waals surface area contributed by atoms with E-state index in [1.54, 1.807) is 32.6 Å². The minimum absolute atomic E-state index is 0.220. The number of aromatic nitrogens is 1. The Bertz CT molecular complexity index is 956. The Morgan fingerprint density at radius 1 is 1.14 bits per heavy atom. The summed E-state index contributed by atoms with van der Waals surface area (Å²) in [5.74, 6) is 2.39. The van der Waals surface area contributed by atoms with E-state index in [1.807, 2.05) is 68.6 Å². The molecule has 152 valence electrons. The number of para-hydroxylation sites is 1. The lowest BCUT2D eigenvalue weighted by Crippen LogP contribution is -2.27. The second-order valence-corrected chi connectivity index (χ2v) is 6.19. The molecule has 0 bridgehead atoms. The van der Waals surface area contributed by atoms with E-state index in [9.17, 15) is 0 Å². The summed E-state index contributed by atoms with van der Waals surface area (Å²) >= 11 is 0. The Balaban J connectivity index is 0.000000257. The zero-order chi connectivity index (χ0) is 21.1. The number of benzene rings is 2. The van der Waals surface area contributed by atoms with Crippen LogP contribution in [0.25, 0.3) is 10.9 Å². The Hall–Kier alpha value is -3.38. The Morgan fingerprint density at radius 2 is 1.90 bits per heavy atom. The third kappa shape index (κ3) is 6.62. The van der Waals surface area contributed by atoms with Crippen LogP contribution in [0.4, 0.5) is 0 Å². The summed E-state index contributed by atoms with van der Waals surface area (Å²) < 4.78 is 11.1. The highest BCUT2D eigenvalue weighted by Crippen LogP contribution is 2.30. The number of pyridine rings is 1. The number of nitrogens with two attached hydrogens (primary N) is 1. The van der Waals surface area contributed by atoms with Crippen molar-refractivity contribution in [1.82, 2.24) is 10.3 Å². The molecule has 1 unspecified atom stereocenters. The van der Waals surface area contributed by atoms with Crippen LogP contribution in [0.15, 0.2) is 77.6 Å². The SMILES string of the molecule is CN=C/C=C(\N)C(C)NC.COc1ccc2c(Oc3ccccc3)ccnc2c1. The molecule has 3 aromatic rings. The summed E-state index contributed by atoms with van der Waals surface area (Å²) in [6, 6.07) is 17.5. The molecule has 0 aliphatic carbocycles. The number of nitrogens with zero attached hydrogens (tertiary/aromatic N) is 2. The third-order valence-electron chi connectivity index (χ3n) is 4.23. The van der Waals surface area contributed by atoms with Gasteiger partial charge in [0.1, 0.15) is 17.2 Å². The normalized spacial score (nSPS) is 12.3. The number of rotatable bonds is 6. The first kappa shape index (κ1) is 21.9. The van der Waals surface area contributed by atoms with Gasteiger partial charge in [-0.1, -0.05) is 18.2 Å². The van der Waals surface area contributed by atoms with Crippen molar-refractivity contribution in [3.05, 3.63) is 72.6 Å². The topological polar surface area (TPSA) is 81.8 Å². The molecule has 0 aliphatic rings. The number of likely N-dealkylation sites (N-methyl/N-ethyl adjacent to an activating group) is 1. The summed E-state index contributed by atoms with van der Waals surface area (Å²) in [7, 11) is 5.23. The lowest BCUT2D eigenvalue weighted by atomic mass is 10.2. The van der Waals surface area contributed by atoms with Crippen LogP contribution in [0.1, 0.15) is 6.92 Å². The van der Waals surface area contributed by atoms with Crippen molar-refractivity contribution >= 4 is 17.1 Å². The van der Waals surface area contributed by atoms with Crippen molar-refractivity contribution in [1.29, 1.82) is 0 Å². The first-order valence-electron chi connectivity index (χ1n) is 9.29. The van der Waals surface area contributed by atoms with Crippen molar-refractivity contribution in [3.8, 4) is 17.2 Å². The van der Waals surface area contributed by atoms with Gasteiger partial charge in [0.2, 0.25) is 0 Å². The van der Waals surface area contributed by atoms with Gasteiger partial charge in [-0.05, 0) is 50.4 Å². The molecule has 0 fully saturated rings. The standard InChI is InChI=1S/C16H13NO2.C7H15N3/c1-18-13-7-8-14-15(11-13)17-10-9-16(14)19-12-5-3-2-4-6-12;1-6(10-3)7(8)4-5-9-2/h2-11H,1H3;4-6,10H,8H2,1-3H3/b;7-4-,9-5?. The van der Waals surface area contributed by atoms with E-state index < -0.39 is 0 Å². The maximum atomic E-state index is 5.88. The van der Waals surface area contributed by atoms with Crippen molar-refractivity contribution in [2.24, 2.45) is 10.7 Å². The predicted molar refractivity (Wildman–Crippen MR) is 120 cm³/mol. The fourth-order valence-corrected chi connectivity index (χ4v) is 2.40. The number of hydrogen-bond donors (Lipinski definition) is 2. The molecule has 6 nitrogen and oxygen atoms in total. The summed E-state index contributed by atoms with van der Waals surface area (Å²) in [4.78, 5) is 8.12. The van der Waals surface area contributed by atoms with E-state index in [4.69, 9.17) is 15.2 Å². The lowest BCUT2D eigenvalue weighted by Gasteiger charge is -2.09. The molecule has 0 aliphatic heterocycles. The van der Waals surface area contributed by atoms with Crippen LogP contribution in [0.2, 0.25) is 0 Å². The van der Waals surface area contributed by atoms with Crippen LogP contribution in [0.3, 0.4) is 0 Å². The van der Waals surface area contributed by atoms with Gasteiger partial charge in [0.25, 0.3) is 0 Å². The number of nitrogens with one attached hydrogen (secondary N) is 1. The highest BCUT2D eigenvalue weighted by molar-refractivity contribution is 5.86. The fourth-order valence-electron chi connectivity index (χ4n) is 2.40. The minimum Gasteiger partial charge on any atom is -0.497 e. The molecule has 29 heavy (non-hydrogen) atoms. The average Bonchev–Trinajstić information content (AvgIpc) is 2.77. The number of hydrogen-bond acceptors (Lipinski definition) is 6. The highest BCUT2D eigenvalue weighted by Gasteiger charge is 2.05. The van der Waals surface area contributed by atoms with Crippen LogP contribution in [-0.2, 0) is 0 Å². The molecule has 3 N–H and O–H groups in total. The molecular weight excluding hydrogens is 364 g/mol. The van der Waals surface area contributed by atoms with Crippen LogP contribution in [-0.4, -0.2) is 38.4 Å². The average molecular weight is 393 g/mol. The van der Waals surface area contributed by atoms with Crippen molar-refractivity contribution in [2.75, 3.05) is 21.2 Å². The molecule has 2 aromatic carbocycles. The number of fused-ring (bicyclic) bond motifs is 1. The number of methoxy groups -OCH3 is 1. The lowest BCUT2D eigenvalue weighted by molar-refractivity contribution is 0.415. The van der Waals surface area contributed by atoms with Gasteiger partial charge in [-0.25, -0.2) is 0 Å². The quantitative estimate of drug-likeness (QED) is 0.615. The third-order valence-corrected chi connectivity index (χ3v) is 4.23. The van der Waals surface area contributed by atoms with Crippen LogP contribution < -0.4 is 20.5 Å². The van der Waals surface area contributed by atoms with Crippen molar-refractivity contribution in [3.63, 3.8) is 0 Å². The van der Waals surface area contributed by atoms with Crippen molar-refractivity contribution in [2.45, 2.75) is 13.0 Å². The van der Waals surface area contributed by atoms with E-state index in [-0.39, 0.29) is 6.04 Å². The van der Waals surface area contributed by atoms with E-state index in [0.717, 1.165) is 33.8 Å². The number of allylic oxidation sites excluding steroid dienone is 1. The molecule has 0 saturated heterocycles. The second-order valence-electron chi connectivity index (χ2n) is 6.19. The predicted octanol–water partition coefficient (Wildman–Crippen LogP) is 4.17. The van der Waals surface area contributed by atoms with E-state index in [1.165, 1.54) is 0 Å². The summed E-state index contributed by atoms with van der Waals surface area (Å²) in [5, 5.41) is 3.98. The largest absolute Gasteiger partial charge is 0.497 e. The molecule has 1 heterocycles. The summed E-state index contributed by atoms with van der Waals surface area (Å²) in [5.41, 5.74) is 7.27. The number of ether oxygens (including phenoxy) is 2. The van der Waals surface area contributed by atoms with E-state index >= 15 is 0 Å². The van der Waals surface area contributed by atoms with Crippen LogP contribution in [0, 0.1) is 0 Å². The van der Waals surface area contributed by atoms with E-state index in [2.05, 4.69) is 15.3 Å². The molecule has 0 radical (unpaired) electrons. The van der Waals surface area contributed by atoms with Crippen LogP contribution in [0.5, 0.6) is 17.2 Å². The first-order chi connectivity index (χ1) is 14.1. The smallest absolute Gasteiger partial charge is 0.138 e. The van der Waals surface area contributed by atoms with Gasteiger partial charge in [0.15, 0.2) is 0 Å². The minimum atomic E-state index is 0.220. The second kappa shape index (κ2) is 11.5. The molecule has 1 aromatic heterocycles. The van der Waals surface area contributed by atoms with Gasteiger partial charge in [0.05, 0.1) is 12.6 Å². The molecule has 6 heteroatoms. The van der Waals surface area contributed by atoms with Gasteiger partial charge in [-0.15, -0.1) is 0 Å². The van der Waals surface area contributed by atoms with Gasteiger partial charge >= 0.3 is 0 Å². The van der Waals surface area contributed by atoms with Gasteiger partial charge in [-0.3, -0.25) is 9.98 Å². The maximum absolute atomic E-state index is 5.88. The highest BCUT2D eigenvalue weighted by atomic mass is 16.5. The molecule has 0 spiro atoms. The van der Waals surface area contributed by atoms with Crippen molar-refractivity contribution < 1.29 is 9.47 Å². The molecule has 0 amide bonds. The zero-order valence-electron chi connectivity index (χ0n) is 17.3. The molecule has 3 rings (SSSR count). The summed E-state index contributed by atoms with van der Waals surface area (Å²) in [6.07, 6.45) is 5.21. The molecule has 1 atom stereocenters. The van der Waals surface area contributed by atoms with E-state index in [0.29, 0.717) is 0 Å². The van der Waals surface area contributed by atoms with Crippen LogP contribution >= 0.6 is 0 Å². The molecule has 0 saturated carbocycles. The Kier molecular flexibility index (Phi) is 8.66.